The number of rotatable bonds is 10. The lowest BCUT2D eigenvalue weighted by Crippen LogP contribution is -2.00. The van der Waals surface area contributed by atoms with E-state index in [9.17, 15) is 0 Å². The highest BCUT2D eigenvalue weighted by Gasteiger charge is 2.16. The van der Waals surface area contributed by atoms with Crippen molar-refractivity contribution in [3.8, 4) is 102 Å². The van der Waals surface area contributed by atoms with Gasteiger partial charge in [0.25, 0.3) is 0 Å². The third-order valence-corrected chi connectivity index (χ3v) is 10.8. The van der Waals surface area contributed by atoms with Gasteiger partial charge in [-0.25, -0.2) is 29.9 Å². The molecule has 8 aromatic carbocycles. The molecule has 0 N–H and O–H groups in total. The summed E-state index contributed by atoms with van der Waals surface area (Å²) < 4.78 is 10.8. The lowest BCUT2D eigenvalue weighted by molar-refractivity contribution is 0.414. The lowest BCUT2D eigenvalue weighted by atomic mass is 9.94. The molecule has 0 aliphatic heterocycles. The smallest absolute Gasteiger partial charge is 0.164 e. The van der Waals surface area contributed by atoms with E-state index >= 15 is 0 Å². The van der Waals surface area contributed by atoms with E-state index in [2.05, 4.69) is 78.9 Å². The van der Waals surface area contributed by atoms with Crippen molar-refractivity contribution in [3.63, 3.8) is 0 Å². The van der Waals surface area contributed by atoms with E-state index in [4.69, 9.17) is 39.4 Å². The van der Waals surface area contributed by atoms with Crippen molar-refractivity contribution in [3.05, 3.63) is 194 Å². The molecule has 62 heavy (non-hydrogen) atoms. The summed E-state index contributed by atoms with van der Waals surface area (Å²) in [5.74, 6) is 5.14. The Labute approximate surface area is 359 Å². The van der Waals surface area contributed by atoms with E-state index in [1.165, 1.54) is 0 Å². The zero-order valence-corrected chi connectivity index (χ0v) is 34.0. The van der Waals surface area contributed by atoms with E-state index in [1.54, 1.807) is 14.2 Å². The van der Waals surface area contributed by atoms with Gasteiger partial charge in [-0.1, -0.05) is 127 Å². The zero-order chi connectivity index (χ0) is 41.8. The van der Waals surface area contributed by atoms with Crippen LogP contribution in [-0.2, 0) is 0 Å². The Balaban J connectivity index is 1.00. The van der Waals surface area contributed by atoms with Crippen LogP contribution in [0.15, 0.2) is 194 Å². The summed E-state index contributed by atoms with van der Waals surface area (Å²) in [6.45, 7) is 0. The fourth-order valence-electron chi connectivity index (χ4n) is 7.56. The number of hydrogen-bond donors (Lipinski definition) is 0. The maximum atomic E-state index is 5.40. The second-order valence-corrected chi connectivity index (χ2v) is 14.7. The van der Waals surface area contributed by atoms with E-state index < -0.39 is 0 Å². The summed E-state index contributed by atoms with van der Waals surface area (Å²) in [6, 6.07) is 65.4. The third kappa shape index (κ3) is 7.76. The average Bonchev–Trinajstić information content (AvgIpc) is 3.36. The Hall–Kier alpha value is -8.36. The number of fused-ring (bicyclic) bond motifs is 1. The van der Waals surface area contributed by atoms with Gasteiger partial charge in [-0.05, 0) is 99.8 Å². The Kier molecular flexibility index (Phi) is 10.2. The first-order valence-corrected chi connectivity index (χ1v) is 20.2. The van der Waals surface area contributed by atoms with Crippen molar-refractivity contribution in [1.29, 1.82) is 0 Å². The standard InChI is InChI=1S/C54H38N6O2/c1-61-45-27-22-37(23-28-45)51-55-49(35-12-5-3-6-13-35)57-53(59-51)43-19-9-16-39(33-43)40-26-31-48-41(32-40)18-11-21-47(48)42-17-10-20-44(34-42)54-58-50(36-14-7-4-8-15-36)56-52(60-54)38-24-29-46(62-2)30-25-38/h3-34H,1-2H3. The van der Waals surface area contributed by atoms with Crippen LogP contribution in [0.3, 0.4) is 0 Å². The van der Waals surface area contributed by atoms with Crippen LogP contribution in [0.1, 0.15) is 0 Å². The van der Waals surface area contributed by atoms with Gasteiger partial charge in [-0.15, -0.1) is 0 Å². The van der Waals surface area contributed by atoms with E-state index in [0.717, 1.165) is 77.9 Å². The minimum atomic E-state index is 0.591. The molecule has 0 saturated carbocycles. The number of hydrogen-bond acceptors (Lipinski definition) is 8. The monoisotopic (exact) mass is 802 g/mol. The topological polar surface area (TPSA) is 95.8 Å². The van der Waals surface area contributed by atoms with Gasteiger partial charge in [0.1, 0.15) is 11.5 Å². The van der Waals surface area contributed by atoms with Crippen LogP contribution in [-0.4, -0.2) is 44.1 Å². The normalized spacial score (nSPS) is 11.1. The number of methoxy groups -OCH3 is 2. The van der Waals surface area contributed by atoms with Crippen LogP contribution in [0.4, 0.5) is 0 Å². The SMILES string of the molecule is COc1ccc(-c2nc(-c3ccccc3)nc(-c3cccc(-c4ccc5c(-c6cccc(-c7nc(-c8ccccc8)nc(-c8ccc(OC)cc8)n7)c6)cccc5c4)c3)n2)cc1. The highest BCUT2D eigenvalue weighted by atomic mass is 16.5. The van der Waals surface area contributed by atoms with Crippen molar-refractivity contribution < 1.29 is 9.47 Å². The molecule has 0 unspecified atom stereocenters. The van der Waals surface area contributed by atoms with E-state index in [1.807, 2.05) is 115 Å². The second-order valence-electron chi connectivity index (χ2n) is 14.7. The predicted octanol–water partition coefficient (Wildman–Crippen LogP) is 12.6. The van der Waals surface area contributed by atoms with Crippen LogP contribution in [0, 0.1) is 0 Å². The molecule has 296 valence electrons. The molecule has 10 aromatic rings. The molecule has 2 aromatic heterocycles. The third-order valence-electron chi connectivity index (χ3n) is 10.8. The molecular weight excluding hydrogens is 765 g/mol. The van der Waals surface area contributed by atoms with Gasteiger partial charge in [-0.2, -0.15) is 0 Å². The number of benzene rings is 8. The van der Waals surface area contributed by atoms with E-state index in [0.29, 0.717) is 34.9 Å². The minimum Gasteiger partial charge on any atom is -0.497 e. The van der Waals surface area contributed by atoms with Gasteiger partial charge < -0.3 is 9.47 Å². The van der Waals surface area contributed by atoms with Crippen LogP contribution < -0.4 is 9.47 Å². The largest absolute Gasteiger partial charge is 0.497 e. The zero-order valence-electron chi connectivity index (χ0n) is 34.0. The summed E-state index contributed by atoms with van der Waals surface area (Å²) in [5, 5.41) is 2.26. The Morgan fingerprint density at radius 1 is 0.274 bits per heavy atom. The van der Waals surface area contributed by atoms with Gasteiger partial charge >= 0.3 is 0 Å². The number of ether oxygens (including phenoxy) is 2. The minimum absolute atomic E-state index is 0.591. The highest BCUT2D eigenvalue weighted by Crippen LogP contribution is 2.36. The molecule has 0 radical (unpaired) electrons. The lowest BCUT2D eigenvalue weighted by Gasteiger charge is -2.12. The first kappa shape index (κ1) is 37.9. The van der Waals surface area contributed by atoms with E-state index in [-0.39, 0.29) is 0 Å². The molecule has 0 saturated heterocycles. The van der Waals surface area contributed by atoms with Crippen molar-refractivity contribution in [2.75, 3.05) is 14.2 Å². The van der Waals surface area contributed by atoms with Crippen LogP contribution >= 0.6 is 0 Å². The molecule has 8 nitrogen and oxygen atoms in total. The van der Waals surface area contributed by atoms with Gasteiger partial charge in [-0.3, -0.25) is 0 Å². The molecule has 0 bridgehead atoms. The fraction of sp³-hybridized carbons (Fsp3) is 0.0370. The van der Waals surface area contributed by atoms with Crippen LogP contribution in [0.5, 0.6) is 11.5 Å². The second kappa shape index (κ2) is 16.7. The molecule has 0 fully saturated rings. The number of nitrogens with zero attached hydrogens (tertiary/aromatic N) is 6. The quantitative estimate of drug-likeness (QED) is 0.135. The van der Waals surface area contributed by atoms with Gasteiger partial charge in [0.05, 0.1) is 14.2 Å². The van der Waals surface area contributed by atoms with Crippen molar-refractivity contribution in [1.82, 2.24) is 29.9 Å². The first-order valence-electron chi connectivity index (χ1n) is 20.2. The van der Waals surface area contributed by atoms with Crippen molar-refractivity contribution >= 4 is 10.8 Å². The molecule has 0 aliphatic rings. The van der Waals surface area contributed by atoms with Gasteiger partial charge in [0.2, 0.25) is 0 Å². The summed E-state index contributed by atoms with van der Waals surface area (Å²) in [5.41, 5.74) is 9.70. The first-order chi connectivity index (χ1) is 30.6. The predicted molar refractivity (Wildman–Crippen MR) is 247 cm³/mol. The average molecular weight is 803 g/mol. The summed E-state index contributed by atoms with van der Waals surface area (Å²) >= 11 is 0. The molecule has 0 atom stereocenters. The summed E-state index contributed by atoms with van der Waals surface area (Å²) in [7, 11) is 3.32. The molecule has 0 aliphatic carbocycles. The van der Waals surface area contributed by atoms with Crippen LogP contribution in [0.25, 0.3) is 101 Å². The summed E-state index contributed by atoms with van der Waals surface area (Å²) in [4.78, 5) is 29.7. The van der Waals surface area contributed by atoms with Crippen LogP contribution in [0.2, 0.25) is 0 Å². The molecule has 8 heteroatoms. The Bertz CT molecular complexity index is 3190. The highest BCUT2D eigenvalue weighted by molar-refractivity contribution is 5.99. The fourth-order valence-corrected chi connectivity index (χ4v) is 7.56. The number of aromatic nitrogens is 6. The Morgan fingerprint density at radius 2 is 0.629 bits per heavy atom. The molecule has 10 rings (SSSR count). The van der Waals surface area contributed by atoms with Crippen molar-refractivity contribution in [2.45, 2.75) is 0 Å². The molecule has 0 amide bonds. The molecular formula is C54H38N6O2. The maximum absolute atomic E-state index is 5.40. The van der Waals surface area contributed by atoms with Crippen molar-refractivity contribution in [2.24, 2.45) is 0 Å². The molecule has 0 spiro atoms. The van der Waals surface area contributed by atoms with Gasteiger partial charge in [0.15, 0.2) is 34.9 Å². The maximum Gasteiger partial charge on any atom is 0.164 e. The van der Waals surface area contributed by atoms with Gasteiger partial charge in [0, 0.05) is 33.4 Å². The summed E-state index contributed by atoms with van der Waals surface area (Å²) in [6.07, 6.45) is 0. The Morgan fingerprint density at radius 3 is 1.11 bits per heavy atom. The molecule has 2 heterocycles.